The summed E-state index contributed by atoms with van der Waals surface area (Å²) in [5.74, 6) is 1.17. The van der Waals surface area contributed by atoms with Crippen molar-refractivity contribution in [2.24, 2.45) is 0 Å². The van der Waals surface area contributed by atoms with Crippen LogP contribution in [-0.2, 0) is 27.2 Å². The number of ether oxygens (including phenoxy) is 2. The second-order valence-electron chi connectivity index (χ2n) is 10.0. The van der Waals surface area contributed by atoms with Gasteiger partial charge in [0.2, 0.25) is 0 Å². The van der Waals surface area contributed by atoms with Crippen molar-refractivity contribution in [1.82, 2.24) is 9.80 Å². The van der Waals surface area contributed by atoms with Gasteiger partial charge in [0, 0.05) is 44.6 Å². The Morgan fingerprint density at radius 2 is 1.78 bits per heavy atom. The number of hydrogen-bond acceptors (Lipinski definition) is 5. The summed E-state index contributed by atoms with van der Waals surface area (Å²) in [6.07, 6.45) is 5.26. The molecule has 6 heteroatoms. The monoisotopic (exact) mass is 484 g/mol. The first-order valence-electron chi connectivity index (χ1n) is 13.0. The Hall–Kier alpha value is -3.22. The summed E-state index contributed by atoms with van der Waals surface area (Å²) in [7, 11) is 0. The molecule has 1 saturated heterocycles. The third-order valence-corrected chi connectivity index (χ3v) is 7.73. The zero-order chi connectivity index (χ0) is 24.5. The molecular formula is C30H32N2O4. The molecule has 1 fully saturated rings. The van der Waals surface area contributed by atoms with Crippen molar-refractivity contribution in [2.75, 3.05) is 52.5 Å². The van der Waals surface area contributed by atoms with Crippen LogP contribution in [0.1, 0.15) is 24.0 Å². The molecule has 3 heterocycles. The molecule has 6 nitrogen and oxygen atoms in total. The Labute approximate surface area is 211 Å². The first-order valence-corrected chi connectivity index (χ1v) is 13.0. The van der Waals surface area contributed by atoms with Crippen molar-refractivity contribution in [2.45, 2.75) is 25.7 Å². The second-order valence-corrected chi connectivity index (χ2v) is 10.0. The van der Waals surface area contributed by atoms with E-state index in [0.717, 1.165) is 58.7 Å². The Balaban J connectivity index is 1.26. The first kappa shape index (κ1) is 23.2. The van der Waals surface area contributed by atoms with Gasteiger partial charge in [0.25, 0.3) is 5.91 Å². The highest BCUT2D eigenvalue weighted by atomic mass is 16.5. The molecule has 1 aliphatic carbocycles. The number of fused-ring (bicyclic) bond motifs is 2. The molecule has 0 aromatic heterocycles. The number of hydrogen-bond donors (Lipinski definition) is 0. The molecule has 0 spiro atoms. The number of ketones is 1. The van der Waals surface area contributed by atoms with Gasteiger partial charge >= 0.3 is 0 Å². The van der Waals surface area contributed by atoms with E-state index in [1.54, 1.807) is 0 Å². The number of carbonyl (C=O) groups is 2. The lowest BCUT2D eigenvalue weighted by Crippen LogP contribution is -2.45. The molecule has 2 aromatic rings. The van der Waals surface area contributed by atoms with Crippen LogP contribution in [0.5, 0.6) is 5.75 Å². The molecule has 0 N–H and O–H groups in total. The minimum absolute atomic E-state index is 0.0822. The number of rotatable bonds is 5. The topological polar surface area (TPSA) is 59.1 Å². The summed E-state index contributed by atoms with van der Waals surface area (Å²) in [4.78, 5) is 31.2. The quantitative estimate of drug-likeness (QED) is 0.646. The van der Waals surface area contributed by atoms with Gasteiger partial charge in [-0.1, -0.05) is 54.1 Å². The van der Waals surface area contributed by atoms with Gasteiger partial charge in [-0.15, -0.1) is 0 Å². The highest BCUT2D eigenvalue weighted by Gasteiger charge is 2.30. The van der Waals surface area contributed by atoms with Crippen LogP contribution in [0.2, 0.25) is 0 Å². The van der Waals surface area contributed by atoms with Gasteiger partial charge < -0.3 is 14.4 Å². The number of carbonyl (C=O) groups excluding carboxylic acids is 2. The number of benzene rings is 2. The van der Waals surface area contributed by atoms with E-state index < -0.39 is 0 Å². The van der Waals surface area contributed by atoms with Gasteiger partial charge in [-0.3, -0.25) is 14.5 Å². The normalized spacial score (nSPS) is 19.6. The lowest BCUT2D eigenvalue weighted by Gasteiger charge is -2.33. The van der Waals surface area contributed by atoms with E-state index in [0.29, 0.717) is 52.4 Å². The Kier molecular flexibility index (Phi) is 6.46. The fourth-order valence-electron chi connectivity index (χ4n) is 5.88. The van der Waals surface area contributed by atoms with Crippen LogP contribution >= 0.6 is 0 Å². The van der Waals surface area contributed by atoms with E-state index in [1.807, 2.05) is 29.2 Å². The van der Waals surface area contributed by atoms with E-state index >= 15 is 0 Å². The molecule has 186 valence electrons. The van der Waals surface area contributed by atoms with Gasteiger partial charge in [-0.2, -0.15) is 0 Å². The molecule has 2 aromatic carbocycles. The van der Waals surface area contributed by atoms with Crippen molar-refractivity contribution < 1.29 is 19.1 Å². The Morgan fingerprint density at radius 3 is 2.67 bits per heavy atom. The molecule has 0 bridgehead atoms. The Morgan fingerprint density at radius 1 is 0.917 bits per heavy atom. The fourth-order valence-corrected chi connectivity index (χ4v) is 5.88. The SMILES string of the molecule is O=C(Cc1cccc2c1OCC2)CN1CCC2=C(C1)C(C(=O)N1CCOCC1)=c1ccccc1=CC2. The molecule has 0 radical (unpaired) electrons. The second kappa shape index (κ2) is 10.0. The van der Waals surface area contributed by atoms with Crippen LogP contribution in [0, 0.1) is 0 Å². The van der Waals surface area contributed by atoms with Crippen LogP contribution in [0.4, 0.5) is 0 Å². The number of amides is 1. The average molecular weight is 485 g/mol. The minimum Gasteiger partial charge on any atom is -0.493 e. The molecule has 6 rings (SSSR count). The first-order chi connectivity index (χ1) is 17.7. The van der Waals surface area contributed by atoms with Crippen LogP contribution in [0.15, 0.2) is 53.6 Å². The lowest BCUT2D eigenvalue weighted by atomic mass is 9.91. The zero-order valence-electron chi connectivity index (χ0n) is 20.6. The van der Waals surface area contributed by atoms with Gasteiger partial charge in [0.1, 0.15) is 5.75 Å². The predicted octanol–water partition coefficient (Wildman–Crippen LogP) is 1.63. The van der Waals surface area contributed by atoms with Crippen molar-refractivity contribution in [1.29, 1.82) is 0 Å². The smallest absolute Gasteiger partial charge is 0.254 e. The van der Waals surface area contributed by atoms with Crippen LogP contribution in [-0.4, -0.2) is 74.0 Å². The minimum atomic E-state index is 0.0822. The maximum atomic E-state index is 13.9. The van der Waals surface area contributed by atoms with Crippen LogP contribution in [0.25, 0.3) is 11.6 Å². The van der Waals surface area contributed by atoms with E-state index in [9.17, 15) is 9.59 Å². The third-order valence-electron chi connectivity index (χ3n) is 7.73. The lowest BCUT2D eigenvalue weighted by molar-refractivity contribution is -0.129. The van der Waals surface area contributed by atoms with E-state index in [2.05, 4.69) is 29.2 Å². The summed E-state index contributed by atoms with van der Waals surface area (Å²) >= 11 is 0. The van der Waals surface area contributed by atoms with Crippen molar-refractivity contribution in [3.8, 4) is 5.75 Å². The summed E-state index contributed by atoms with van der Waals surface area (Å²) in [6.45, 7) is 4.90. The molecular weight excluding hydrogens is 452 g/mol. The molecule has 0 saturated carbocycles. The number of para-hydroxylation sites is 1. The van der Waals surface area contributed by atoms with Gasteiger partial charge in [0.05, 0.1) is 31.9 Å². The molecule has 4 aliphatic rings. The standard InChI is InChI=1S/C30H32N2O4/c33-25(18-24-6-3-5-23-11-15-36-29(23)24)19-31-12-10-22-9-8-21-4-1-2-7-26(21)28(27(22)20-31)30(34)32-13-16-35-17-14-32/h1-8H,9-20H2. The summed E-state index contributed by atoms with van der Waals surface area (Å²) in [5.41, 5.74) is 5.42. The zero-order valence-corrected chi connectivity index (χ0v) is 20.6. The molecule has 36 heavy (non-hydrogen) atoms. The van der Waals surface area contributed by atoms with Gasteiger partial charge in [0.15, 0.2) is 5.78 Å². The van der Waals surface area contributed by atoms with E-state index in [1.165, 1.54) is 11.1 Å². The summed E-state index contributed by atoms with van der Waals surface area (Å²) in [5, 5.41) is 2.12. The third kappa shape index (κ3) is 4.51. The fraction of sp³-hybridized carbons (Fsp3) is 0.400. The maximum Gasteiger partial charge on any atom is 0.254 e. The Bertz CT molecular complexity index is 1350. The van der Waals surface area contributed by atoms with E-state index in [-0.39, 0.29) is 11.7 Å². The predicted molar refractivity (Wildman–Crippen MR) is 138 cm³/mol. The highest BCUT2D eigenvalue weighted by molar-refractivity contribution is 6.19. The molecule has 1 amide bonds. The van der Waals surface area contributed by atoms with Crippen molar-refractivity contribution >= 4 is 23.3 Å². The molecule has 3 aliphatic heterocycles. The van der Waals surface area contributed by atoms with E-state index in [4.69, 9.17) is 9.47 Å². The van der Waals surface area contributed by atoms with Crippen LogP contribution < -0.4 is 15.2 Å². The number of nitrogens with zero attached hydrogens (tertiary/aromatic N) is 2. The average Bonchev–Trinajstić information content (AvgIpc) is 3.33. The number of Topliss-reactive ketones (excluding diaryl/α,β-unsaturated/α-hetero) is 1. The summed E-state index contributed by atoms with van der Waals surface area (Å²) < 4.78 is 11.3. The largest absolute Gasteiger partial charge is 0.493 e. The maximum absolute atomic E-state index is 13.9. The van der Waals surface area contributed by atoms with Gasteiger partial charge in [-0.05, 0) is 34.4 Å². The highest BCUT2D eigenvalue weighted by Crippen LogP contribution is 2.31. The molecule has 0 atom stereocenters. The van der Waals surface area contributed by atoms with Crippen LogP contribution in [0.3, 0.4) is 0 Å². The van der Waals surface area contributed by atoms with Crippen molar-refractivity contribution in [3.05, 3.63) is 75.2 Å². The summed E-state index contributed by atoms with van der Waals surface area (Å²) in [6, 6.07) is 14.3. The molecule has 0 unspecified atom stereocenters. The van der Waals surface area contributed by atoms with Gasteiger partial charge in [-0.25, -0.2) is 0 Å². The number of morpholine rings is 1. The van der Waals surface area contributed by atoms with Crippen molar-refractivity contribution in [3.63, 3.8) is 0 Å².